The van der Waals surface area contributed by atoms with Crippen molar-refractivity contribution in [1.82, 2.24) is 0 Å². The summed E-state index contributed by atoms with van der Waals surface area (Å²) in [7, 11) is 0. The Balaban J connectivity index is 4.34. The predicted molar refractivity (Wildman–Crippen MR) is 275 cm³/mol. The van der Waals surface area contributed by atoms with Crippen molar-refractivity contribution >= 4 is 17.9 Å². The highest BCUT2D eigenvalue weighted by molar-refractivity contribution is 5.71. The van der Waals surface area contributed by atoms with Gasteiger partial charge in [0.05, 0.1) is 0 Å². The van der Waals surface area contributed by atoms with E-state index in [0.717, 1.165) is 57.8 Å². The van der Waals surface area contributed by atoms with Crippen LogP contribution in [0.3, 0.4) is 0 Å². The van der Waals surface area contributed by atoms with E-state index in [9.17, 15) is 14.4 Å². The van der Waals surface area contributed by atoms with Crippen LogP contribution >= 0.6 is 0 Å². The number of esters is 3. The first-order chi connectivity index (χ1) is 31.5. The Kier molecular flexibility index (Phi) is 51.3. The largest absolute Gasteiger partial charge is 0.462 e. The van der Waals surface area contributed by atoms with Crippen molar-refractivity contribution in [2.24, 2.45) is 0 Å². The van der Waals surface area contributed by atoms with Gasteiger partial charge in [0, 0.05) is 19.3 Å². The maximum atomic E-state index is 12.8. The standard InChI is InChI=1S/C58H106O6/c1-4-7-10-13-16-19-22-24-26-28-29-31-32-34-36-39-42-45-48-51-57(60)63-54-55(53-62-56(59)50-47-44-41-38-21-18-15-12-9-6-3)64-58(61)52-49-46-43-40-37-35-33-30-27-25-23-20-17-14-11-8-5-2/h25,27,33,35,40,43,55H,4-24,26,28-32,34,36-39,41-42,44-54H2,1-3H3/b27-25-,35-33-,43-40-. The van der Waals surface area contributed by atoms with E-state index in [-0.39, 0.29) is 37.5 Å². The van der Waals surface area contributed by atoms with Gasteiger partial charge in [-0.1, -0.05) is 263 Å². The second-order valence-electron chi connectivity index (χ2n) is 18.9. The lowest BCUT2D eigenvalue weighted by atomic mass is 10.0. The van der Waals surface area contributed by atoms with Crippen LogP contribution in [0.5, 0.6) is 0 Å². The summed E-state index contributed by atoms with van der Waals surface area (Å²) in [6.45, 7) is 6.61. The van der Waals surface area contributed by atoms with Crippen LogP contribution in [0.15, 0.2) is 36.5 Å². The van der Waals surface area contributed by atoms with Gasteiger partial charge in [0.15, 0.2) is 6.10 Å². The van der Waals surface area contributed by atoms with E-state index in [1.165, 1.54) is 193 Å². The van der Waals surface area contributed by atoms with Gasteiger partial charge < -0.3 is 14.2 Å². The lowest BCUT2D eigenvalue weighted by molar-refractivity contribution is -0.167. The van der Waals surface area contributed by atoms with Crippen molar-refractivity contribution in [2.45, 2.75) is 303 Å². The quantitative estimate of drug-likeness (QED) is 0.0262. The van der Waals surface area contributed by atoms with Gasteiger partial charge in [-0.25, -0.2) is 0 Å². The lowest BCUT2D eigenvalue weighted by Gasteiger charge is -2.18. The molecule has 0 bridgehead atoms. The lowest BCUT2D eigenvalue weighted by Crippen LogP contribution is -2.30. The number of carbonyl (C=O) groups is 3. The smallest absolute Gasteiger partial charge is 0.306 e. The fourth-order valence-corrected chi connectivity index (χ4v) is 8.17. The third kappa shape index (κ3) is 50.6. The summed E-state index contributed by atoms with van der Waals surface area (Å²) >= 11 is 0. The number of carbonyl (C=O) groups excluding carboxylic acids is 3. The molecule has 0 heterocycles. The molecule has 64 heavy (non-hydrogen) atoms. The van der Waals surface area contributed by atoms with E-state index in [2.05, 4.69) is 57.2 Å². The number of ether oxygens (including phenoxy) is 3. The van der Waals surface area contributed by atoms with E-state index < -0.39 is 6.10 Å². The molecule has 6 heteroatoms. The molecule has 6 nitrogen and oxygen atoms in total. The fraction of sp³-hybridized carbons (Fsp3) is 0.845. The molecule has 0 spiro atoms. The van der Waals surface area contributed by atoms with Crippen molar-refractivity contribution in [3.63, 3.8) is 0 Å². The average molecular weight is 899 g/mol. The number of rotatable bonds is 51. The number of hydrogen-bond donors (Lipinski definition) is 0. The van der Waals surface area contributed by atoms with Crippen molar-refractivity contribution in [2.75, 3.05) is 13.2 Å². The minimum atomic E-state index is -0.793. The zero-order valence-electron chi connectivity index (χ0n) is 42.8. The van der Waals surface area contributed by atoms with Gasteiger partial charge in [-0.15, -0.1) is 0 Å². The van der Waals surface area contributed by atoms with E-state index in [1.54, 1.807) is 0 Å². The fourth-order valence-electron chi connectivity index (χ4n) is 8.17. The Morgan fingerprint density at radius 3 is 0.922 bits per heavy atom. The maximum absolute atomic E-state index is 12.8. The molecule has 0 radical (unpaired) electrons. The Morgan fingerprint density at radius 2 is 0.578 bits per heavy atom. The molecule has 1 atom stereocenters. The topological polar surface area (TPSA) is 78.9 Å². The summed E-state index contributed by atoms with van der Waals surface area (Å²) in [6.07, 6.45) is 62.9. The maximum Gasteiger partial charge on any atom is 0.306 e. The van der Waals surface area contributed by atoms with Crippen molar-refractivity contribution in [3.8, 4) is 0 Å². The van der Waals surface area contributed by atoms with Gasteiger partial charge in [-0.3, -0.25) is 14.4 Å². The van der Waals surface area contributed by atoms with Crippen LogP contribution < -0.4 is 0 Å². The van der Waals surface area contributed by atoms with Crippen LogP contribution in [0.4, 0.5) is 0 Å². The van der Waals surface area contributed by atoms with Crippen LogP contribution in [0.25, 0.3) is 0 Å². The molecule has 1 unspecified atom stereocenters. The van der Waals surface area contributed by atoms with E-state index in [4.69, 9.17) is 14.2 Å². The van der Waals surface area contributed by atoms with Crippen molar-refractivity contribution in [3.05, 3.63) is 36.5 Å². The molecule has 0 saturated carbocycles. The van der Waals surface area contributed by atoms with Gasteiger partial charge >= 0.3 is 17.9 Å². The zero-order valence-corrected chi connectivity index (χ0v) is 42.8. The second-order valence-corrected chi connectivity index (χ2v) is 18.9. The third-order valence-corrected chi connectivity index (χ3v) is 12.4. The van der Waals surface area contributed by atoms with Gasteiger partial charge in [-0.05, 0) is 51.4 Å². The molecule has 0 aliphatic rings. The highest BCUT2D eigenvalue weighted by Crippen LogP contribution is 2.16. The molecule has 0 rings (SSSR count). The summed E-state index contributed by atoms with van der Waals surface area (Å²) in [5.74, 6) is -0.927. The molecule has 0 aromatic carbocycles. The normalized spacial score (nSPS) is 12.2. The number of allylic oxidation sites excluding steroid dienone is 6. The van der Waals surface area contributed by atoms with Crippen LogP contribution in [0.1, 0.15) is 297 Å². The average Bonchev–Trinajstić information content (AvgIpc) is 3.29. The summed E-state index contributed by atoms with van der Waals surface area (Å²) < 4.78 is 16.8. The molecule has 0 amide bonds. The number of unbranched alkanes of at least 4 members (excludes halogenated alkanes) is 34. The molecular formula is C58H106O6. The van der Waals surface area contributed by atoms with Crippen molar-refractivity contribution < 1.29 is 28.6 Å². The highest BCUT2D eigenvalue weighted by atomic mass is 16.6. The molecular weight excluding hydrogens is 793 g/mol. The van der Waals surface area contributed by atoms with E-state index >= 15 is 0 Å². The number of hydrogen-bond acceptors (Lipinski definition) is 6. The second kappa shape index (κ2) is 53.2. The van der Waals surface area contributed by atoms with Gasteiger partial charge in [-0.2, -0.15) is 0 Å². The Bertz CT molecular complexity index is 1080. The Hall–Kier alpha value is -2.37. The first kappa shape index (κ1) is 61.6. The Labute approximate surface area is 397 Å². The molecule has 0 aromatic heterocycles. The monoisotopic (exact) mass is 899 g/mol. The first-order valence-corrected chi connectivity index (χ1v) is 28.0. The molecule has 0 aromatic rings. The molecule has 0 aliphatic carbocycles. The summed E-state index contributed by atoms with van der Waals surface area (Å²) in [6, 6.07) is 0. The van der Waals surface area contributed by atoms with Gasteiger partial charge in [0.1, 0.15) is 13.2 Å². The SMILES string of the molecule is CCCCCCCC/C=C\C/C=C\C/C=C\CCCC(=O)OC(COC(=O)CCCCCCCCCCCC)COC(=O)CCCCCCCCCCCCCCCCCCCCC. The Morgan fingerprint density at radius 1 is 0.312 bits per heavy atom. The van der Waals surface area contributed by atoms with Gasteiger partial charge in [0.2, 0.25) is 0 Å². The van der Waals surface area contributed by atoms with Crippen LogP contribution in [-0.4, -0.2) is 37.2 Å². The van der Waals surface area contributed by atoms with E-state index in [0.29, 0.717) is 19.3 Å². The van der Waals surface area contributed by atoms with Crippen LogP contribution in [0, 0.1) is 0 Å². The zero-order chi connectivity index (χ0) is 46.5. The van der Waals surface area contributed by atoms with E-state index in [1.807, 2.05) is 0 Å². The summed E-state index contributed by atoms with van der Waals surface area (Å²) in [4.78, 5) is 38.0. The van der Waals surface area contributed by atoms with Crippen LogP contribution in [0.2, 0.25) is 0 Å². The molecule has 0 aliphatic heterocycles. The molecule has 0 N–H and O–H groups in total. The summed E-state index contributed by atoms with van der Waals surface area (Å²) in [5.41, 5.74) is 0. The first-order valence-electron chi connectivity index (χ1n) is 28.0. The molecule has 0 fully saturated rings. The predicted octanol–water partition coefficient (Wildman–Crippen LogP) is 18.5. The van der Waals surface area contributed by atoms with Crippen molar-refractivity contribution in [1.29, 1.82) is 0 Å². The third-order valence-electron chi connectivity index (χ3n) is 12.4. The van der Waals surface area contributed by atoms with Gasteiger partial charge in [0.25, 0.3) is 0 Å². The molecule has 0 saturated heterocycles. The molecule has 374 valence electrons. The summed E-state index contributed by atoms with van der Waals surface area (Å²) in [5, 5.41) is 0. The minimum absolute atomic E-state index is 0.0876. The minimum Gasteiger partial charge on any atom is -0.462 e. The highest BCUT2D eigenvalue weighted by Gasteiger charge is 2.19. The van der Waals surface area contributed by atoms with Crippen LogP contribution in [-0.2, 0) is 28.6 Å².